The Bertz CT molecular complexity index is 800. The van der Waals surface area contributed by atoms with Gasteiger partial charge in [0.15, 0.2) is 0 Å². The van der Waals surface area contributed by atoms with Gasteiger partial charge in [-0.05, 0) is 31.0 Å². The van der Waals surface area contributed by atoms with Gasteiger partial charge in [0.25, 0.3) is 0 Å². The zero-order chi connectivity index (χ0) is 17.8. The molecule has 25 heavy (non-hydrogen) atoms. The highest BCUT2D eigenvalue weighted by Crippen LogP contribution is 2.35. The topological polar surface area (TPSA) is 69.0 Å². The molecule has 0 unspecified atom stereocenters. The van der Waals surface area contributed by atoms with Gasteiger partial charge < -0.3 is 10.1 Å². The van der Waals surface area contributed by atoms with Gasteiger partial charge in [0.1, 0.15) is 12.4 Å². The number of esters is 1. The zero-order valence-corrected chi connectivity index (χ0v) is 15.1. The van der Waals surface area contributed by atoms with E-state index in [1.54, 1.807) is 10.7 Å². The zero-order valence-electron chi connectivity index (χ0n) is 14.3. The number of hydrogen-bond acceptors (Lipinski definition) is 5. The molecule has 1 aliphatic rings. The number of nitrogens with one attached hydrogen (secondary N) is 1. The van der Waals surface area contributed by atoms with Crippen LogP contribution in [0.4, 0.5) is 5.95 Å². The minimum atomic E-state index is -0.420. The lowest BCUT2D eigenvalue weighted by Crippen LogP contribution is -2.29. The van der Waals surface area contributed by atoms with Crippen LogP contribution in [0.3, 0.4) is 0 Å². The van der Waals surface area contributed by atoms with Gasteiger partial charge in [0.2, 0.25) is 5.95 Å². The van der Waals surface area contributed by atoms with Crippen LogP contribution in [0.2, 0.25) is 5.02 Å². The highest BCUT2D eigenvalue weighted by atomic mass is 35.5. The maximum Gasteiger partial charge on any atom is 0.338 e. The molecule has 3 rings (SSSR count). The van der Waals surface area contributed by atoms with Crippen LogP contribution in [0, 0.1) is 0 Å². The fourth-order valence-electron chi connectivity index (χ4n) is 2.93. The summed E-state index contributed by atoms with van der Waals surface area (Å²) in [5.74, 6) is 0.247. The first-order valence-corrected chi connectivity index (χ1v) is 8.79. The molecule has 0 radical (unpaired) electrons. The number of ether oxygens (including phenoxy) is 1. The van der Waals surface area contributed by atoms with E-state index in [1.165, 1.54) is 6.33 Å². The second-order valence-corrected chi connectivity index (χ2v) is 6.43. The first kappa shape index (κ1) is 17.5. The van der Waals surface area contributed by atoms with E-state index in [9.17, 15) is 4.79 Å². The van der Waals surface area contributed by atoms with Gasteiger partial charge in [0.05, 0.1) is 12.2 Å². The maximum absolute atomic E-state index is 12.8. The molecule has 0 aliphatic carbocycles. The van der Waals surface area contributed by atoms with Crippen molar-refractivity contribution in [2.75, 3.05) is 11.9 Å². The summed E-state index contributed by atoms with van der Waals surface area (Å²) in [4.78, 5) is 17.0. The van der Waals surface area contributed by atoms with Gasteiger partial charge in [-0.1, -0.05) is 43.5 Å². The van der Waals surface area contributed by atoms with Crippen LogP contribution in [-0.4, -0.2) is 27.3 Å². The largest absolute Gasteiger partial charge is 0.462 e. The molecular weight excluding hydrogens is 340 g/mol. The average Bonchev–Trinajstić information content (AvgIpc) is 3.05. The second-order valence-electron chi connectivity index (χ2n) is 5.99. The number of nitrogens with zero attached hydrogens (tertiary/aromatic N) is 3. The monoisotopic (exact) mass is 360 g/mol. The van der Waals surface area contributed by atoms with Crippen molar-refractivity contribution in [3.05, 3.63) is 52.4 Å². The van der Waals surface area contributed by atoms with E-state index >= 15 is 0 Å². The molecule has 0 saturated heterocycles. The number of unbranched alkanes of at least 4 members (excludes halogenated alkanes) is 2. The number of allylic oxidation sites excluding steroid dienone is 1. The minimum absolute atomic E-state index is 0.341. The molecule has 1 aromatic heterocycles. The molecule has 0 fully saturated rings. The Morgan fingerprint density at radius 3 is 3.00 bits per heavy atom. The number of fused-ring (bicyclic) bond motifs is 1. The molecule has 1 atom stereocenters. The Hall–Kier alpha value is -2.34. The predicted octanol–water partition coefficient (Wildman–Crippen LogP) is 3.95. The molecule has 2 aromatic rings. The van der Waals surface area contributed by atoms with Crippen molar-refractivity contribution in [2.45, 2.75) is 39.2 Å². The molecule has 2 heterocycles. The van der Waals surface area contributed by atoms with E-state index < -0.39 is 6.04 Å². The molecule has 1 N–H and O–H groups in total. The quantitative estimate of drug-likeness (QED) is 0.624. The van der Waals surface area contributed by atoms with Crippen molar-refractivity contribution >= 4 is 23.5 Å². The molecule has 0 bridgehead atoms. The lowest BCUT2D eigenvalue weighted by molar-refractivity contribution is -0.139. The number of anilines is 1. The Balaban J connectivity index is 1.94. The number of carbonyl (C=O) groups is 1. The van der Waals surface area contributed by atoms with Gasteiger partial charge in [-0.15, -0.1) is 0 Å². The third kappa shape index (κ3) is 3.69. The smallest absolute Gasteiger partial charge is 0.338 e. The molecule has 0 amide bonds. The van der Waals surface area contributed by atoms with Crippen molar-refractivity contribution in [2.24, 2.45) is 0 Å². The number of halogens is 1. The Morgan fingerprint density at radius 1 is 1.40 bits per heavy atom. The van der Waals surface area contributed by atoms with E-state index in [0.717, 1.165) is 24.8 Å². The molecule has 0 spiro atoms. The molecular formula is C18H21ClN4O2. The van der Waals surface area contributed by atoms with E-state index in [2.05, 4.69) is 22.3 Å². The first-order valence-electron chi connectivity index (χ1n) is 8.41. The minimum Gasteiger partial charge on any atom is -0.462 e. The second kappa shape index (κ2) is 7.70. The van der Waals surface area contributed by atoms with Gasteiger partial charge in [-0.3, -0.25) is 0 Å². The summed E-state index contributed by atoms with van der Waals surface area (Å²) < 4.78 is 7.18. The summed E-state index contributed by atoms with van der Waals surface area (Å²) in [7, 11) is 0. The average molecular weight is 361 g/mol. The first-order chi connectivity index (χ1) is 12.1. The number of rotatable bonds is 6. The lowest BCUT2D eigenvalue weighted by Gasteiger charge is -2.28. The van der Waals surface area contributed by atoms with Gasteiger partial charge >= 0.3 is 5.97 Å². The van der Waals surface area contributed by atoms with Gasteiger partial charge in [0, 0.05) is 10.7 Å². The van der Waals surface area contributed by atoms with E-state index in [4.69, 9.17) is 16.3 Å². The standard InChI is InChI=1S/C18H21ClN4O2/c1-3-4-5-9-25-17(24)15-12(2)22-18-20-11-21-23(18)16(15)13-7-6-8-14(19)10-13/h6-8,10-11,16H,3-5,9H2,1-2H3,(H,20,21,22)/t16-/m0/s1. The van der Waals surface area contributed by atoms with Crippen molar-refractivity contribution in [3.8, 4) is 0 Å². The van der Waals surface area contributed by atoms with Crippen molar-refractivity contribution in [3.63, 3.8) is 0 Å². The van der Waals surface area contributed by atoms with Gasteiger partial charge in [-0.2, -0.15) is 10.1 Å². The van der Waals surface area contributed by atoms with Crippen LogP contribution in [0.15, 0.2) is 41.9 Å². The van der Waals surface area contributed by atoms with E-state index in [-0.39, 0.29) is 5.97 Å². The summed E-state index contributed by atoms with van der Waals surface area (Å²) in [5, 5.41) is 8.00. The van der Waals surface area contributed by atoms with Crippen molar-refractivity contribution < 1.29 is 9.53 Å². The summed E-state index contributed by atoms with van der Waals surface area (Å²) in [6.45, 7) is 4.37. The Morgan fingerprint density at radius 2 is 2.24 bits per heavy atom. The van der Waals surface area contributed by atoms with Crippen LogP contribution in [0.25, 0.3) is 0 Å². The highest BCUT2D eigenvalue weighted by molar-refractivity contribution is 6.30. The van der Waals surface area contributed by atoms with Crippen LogP contribution < -0.4 is 5.32 Å². The van der Waals surface area contributed by atoms with Crippen molar-refractivity contribution in [1.82, 2.24) is 14.8 Å². The lowest BCUT2D eigenvalue weighted by atomic mass is 9.96. The Kier molecular flexibility index (Phi) is 5.38. The molecule has 1 aliphatic heterocycles. The number of hydrogen-bond donors (Lipinski definition) is 1. The van der Waals surface area contributed by atoms with Gasteiger partial charge in [-0.25, -0.2) is 9.48 Å². The van der Waals surface area contributed by atoms with Crippen LogP contribution in [0.1, 0.15) is 44.7 Å². The molecule has 132 valence electrons. The normalized spacial score (nSPS) is 16.4. The van der Waals surface area contributed by atoms with E-state index in [1.807, 2.05) is 25.1 Å². The van der Waals surface area contributed by atoms with E-state index in [0.29, 0.717) is 28.8 Å². The SMILES string of the molecule is CCCCCOC(=O)C1=C(C)Nc2ncnn2[C@H]1c1cccc(Cl)c1. The fourth-order valence-corrected chi connectivity index (χ4v) is 3.13. The molecule has 1 aromatic carbocycles. The molecule has 7 heteroatoms. The third-order valence-corrected chi connectivity index (χ3v) is 4.39. The number of carbonyl (C=O) groups excluding carboxylic acids is 1. The fraction of sp³-hybridized carbons (Fsp3) is 0.389. The van der Waals surface area contributed by atoms with Crippen LogP contribution in [-0.2, 0) is 9.53 Å². The molecule has 6 nitrogen and oxygen atoms in total. The summed E-state index contributed by atoms with van der Waals surface area (Å²) in [5.41, 5.74) is 2.10. The summed E-state index contributed by atoms with van der Waals surface area (Å²) in [6, 6.07) is 6.99. The highest BCUT2D eigenvalue weighted by Gasteiger charge is 2.34. The number of aromatic nitrogens is 3. The Labute approximate surface area is 151 Å². The number of benzene rings is 1. The third-order valence-electron chi connectivity index (χ3n) is 4.16. The molecule has 0 saturated carbocycles. The summed E-state index contributed by atoms with van der Waals surface area (Å²) >= 11 is 6.15. The van der Waals surface area contributed by atoms with Crippen molar-refractivity contribution in [1.29, 1.82) is 0 Å². The summed E-state index contributed by atoms with van der Waals surface area (Å²) in [6.07, 6.45) is 4.43. The maximum atomic E-state index is 12.8. The predicted molar refractivity (Wildman–Crippen MR) is 96.4 cm³/mol. The van der Waals surface area contributed by atoms with Crippen LogP contribution in [0.5, 0.6) is 0 Å². The van der Waals surface area contributed by atoms with Crippen LogP contribution >= 0.6 is 11.6 Å².